The van der Waals surface area contributed by atoms with Crippen LogP contribution in [0.5, 0.6) is 0 Å². The lowest BCUT2D eigenvalue weighted by Gasteiger charge is -2.13. The number of hydrogen-bond donors (Lipinski definition) is 1. The summed E-state index contributed by atoms with van der Waals surface area (Å²) >= 11 is 3.66. The fraction of sp³-hybridized carbons (Fsp3) is 0.640. The number of nitrogens with zero attached hydrogens (tertiary/aromatic N) is 2. The molecule has 0 atom stereocenters. The second-order valence-electron chi connectivity index (χ2n) is 7.53. The van der Waals surface area contributed by atoms with E-state index in [0.29, 0.717) is 5.92 Å². The number of fused-ring (bicyclic) bond motifs is 2. The summed E-state index contributed by atoms with van der Waals surface area (Å²) in [7, 11) is 2.05. The first kappa shape index (κ1) is 27.6. The molecule has 6 heteroatoms. The van der Waals surface area contributed by atoms with E-state index in [0.717, 1.165) is 12.7 Å². The number of aldehydes is 1. The second-order valence-corrected chi connectivity index (χ2v) is 9.63. The summed E-state index contributed by atoms with van der Waals surface area (Å²) in [6.45, 7) is 12.0. The Balaban J connectivity index is 0.000000260. The van der Waals surface area contributed by atoms with Crippen molar-refractivity contribution in [1.82, 2.24) is 9.97 Å². The molecule has 31 heavy (non-hydrogen) atoms. The molecule has 0 fully saturated rings. The third-order valence-corrected chi connectivity index (χ3v) is 7.74. The van der Waals surface area contributed by atoms with Crippen molar-refractivity contribution in [2.75, 3.05) is 18.6 Å². The quantitative estimate of drug-likeness (QED) is 0.395. The summed E-state index contributed by atoms with van der Waals surface area (Å²) in [5.74, 6) is 0.571. The predicted octanol–water partition coefficient (Wildman–Crippen LogP) is 6.88. The largest absolute Gasteiger partial charge is 0.388 e. The smallest absolute Gasteiger partial charge is 0.116 e. The van der Waals surface area contributed by atoms with Crippen LogP contribution in [0.25, 0.3) is 0 Å². The minimum absolute atomic E-state index is 0.571. The highest BCUT2D eigenvalue weighted by Crippen LogP contribution is 2.36. The number of aryl methyl sites for hydroxylation is 3. The van der Waals surface area contributed by atoms with Gasteiger partial charge in [-0.15, -0.1) is 23.1 Å². The highest BCUT2D eigenvalue weighted by atomic mass is 32.2. The molecule has 0 saturated carbocycles. The van der Waals surface area contributed by atoms with Gasteiger partial charge in [-0.3, -0.25) is 4.98 Å². The van der Waals surface area contributed by atoms with Gasteiger partial charge in [0.05, 0.1) is 14.9 Å². The molecular weight excluding hydrogens is 422 g/mol. The first-order valence-electron chi connectivity index (χ1n) is 11.6. The zero-order valence-electron chi connectivity index (χ0n) is 20.7. The van der Waals surface area contributed by atoms with E-state index in [-0.39, 0.29) is 0 Å². The standard InChI is InChI=1S/C12H16N2.C9H15NS2.C2H4O.C2H6/c1-13-12-8-4-2-6-10(8)14-11-7-3-5-9(11)12;1-5-7-9(11-4)12-8(10-7)6(2)3;1-2-3;1-2/h2-7H2,1H3,(H,13,14);6H,5H2,1-4H3;2H,1H3;1-2H3. The van der Waals surface area contributed by atoms with Gasteiger partial charge in [-0.05, 0) is 69.3 Å². The minimum atomic E-state index is 0.571. The number of rotatable bonds is 4. The Kier molecular flexibility index (Phi) is 13.0. The van der Waals surface area contributed by atoms with Crippen LogP contribution in [0.3, 0.4) is 0 Å². The molecule has 4 nitrogen and oxygen atoms in total. The molecule has 4 rings (SSSR count). The Labute approximate surface area is 198 Å². The van der Waals surface area contributed by atoms with Crippen LogP contribution in [0.15, 0.2) is 4.21 Å². The van der Waals surface area contributed by atoms with Crippen LogP contribution in [0.1, 0.15) is 93.5 Å². The molecule has 2 aromatic rings. The van der Waals surface area contributed by atoms with E-state index in [9.17, 15) is 0 Å². The number of hydrogen-bond acceptors (Lipinski definition) is 6. The first-order chi connectivity index (χ1) is 15.0. The minimum Gasteiger partial charge on any atom is -0.388 e. The fourth-order valence-corrected chi connectivity index (χ4v) is 5.78. The normalized spacial score (nSPS) is 13.1. The van der Waals surface area contributed by atoms with Gasteiger partial charge in [-0.1, -0.05) is 34.6 Å². The highest BCUT2D eigenvalue weighted by Gasteiger charge is 2.24. The van der Waals surface area contributed by atoms with Crippen LogP contribution in [0.4, 0.5) is 5.69 Å². The molecule has 0 radical (unpaired) electrons. The Morgan fingerprint density at radius 2 is 1.58 bits per heavy atom. The average molecular weight is 464 g/mol. The monoisotopic (exact) mass is 463 g/mol. The summed E-state index contributed by atoms with van der Waals surface area (Å²) in [6, 6.07) is 0. The van der Waals surface area contributed by atoms with Crippen molar-refractivity contribution < 1.29 is 4.79 Å². The van der Waals surface area contributed by atoms with Gasteiger partial charge in [0.15, 0.2) is 0 Å². The van der Waals surface area contributed by atoms with Gasteiger partial charge in [-0.25, -0.2) is 4.98 Å². The molecule has 2 aromatic heterocycles. The number of pyridine rings is 1. The lowest BCUT2D eigenvalue weighted by Crippen LogP contribution is -2.03. The molecule has 0 amide bonds. The summed E-state index contributed by atoms with van der Waals surface area (Å²) in [6.07, 6.45) is 11.3. The van der Waals surface area contributed by atoms with E-state index in [2.05, 4.69) is 37.3 Å². The molecule has 0 unspecified atom stereocenters. The summed E-state index contributed by atoms with van der Waals surface area (Å²) in [5.41, 5.74) is 8.45. The lowest BCUT2D eigenvalue weighted by atomic mass is 10.1. The maximum atomic E-state index is 8.81. The van der Waals surface area contributed by atoms with Crippen molar-refractivity contribution in [2.45, 2.75) is 96.6 Å². The van der Waals surface area contributed by atoms with Crippen molar-refractivity contribution >= 4 is 35.1 Å². The number of carbonyl (C=O) groups is 1. The van der Waals surface area contributed by atoms with Gasteiger partial charge in [0.25, 0.3) is 0 Å². The molecule has 0 aromatic carbocycles. The number of nitrogens with one attached hydrogen (secondary N) is 1. The summed E-state index contributed by atoms with van der Waals surface area (Å²) in [4.78, 5) is 18.2. The van der Waals surface area contributed by atoms with E-state index in [1.807, 2.05) is 44.0 Å². The number of thioether (sulfide) groups is 1. The van der Waals surface area contributed by atoms with E-state index < -0.39 is 0 Å². The SMILES string of the molecule is CC.CC=O.CCc1nc(C(C)C)sc1SC.CNc1c2c(nc3c1CCC3)CCC2. The number of thiazole rings is 1. The zero-order valence-corrected chi connectivity index (χ0v) is 22.4. The van der Waals surface area contributed by atoms with Gasteiger partial charge in [-0.2, -0.15) is 0 Å². The number of aromatic nitrogens is 2. The van der Waals surface area contributed by atoms with Crippen molar-refractivity contribution in [3.63, 3.8) is 0 Å². The third-order valence-electron chi connectivity index (χ3n) is 5.19. The van der Waals surface area contributed by atoms with Gasteiger partial charge in [0, 0.05) is 30.0 Å². The number of carbonyl (C=O) groups excluding carboxylic acids is 1. The molecule has 0 spiro atoms. The van der Waals surface area contributed by atoms with Crippen LogP contribution < -0.4 is 5.32 Å². The van der Waals surface area contributed by atoms with E-state index in [1.54, 1.807) is 0 Å². The lowest BCUT2D eigenvalue weighted by molar-refractivity contribution is -0.106. The van der Waals surface area contributed by atoms with Gasteiger partial charge in [0.2, 0.25) is 0 Å². The van der Waals surface area contributed by atoms with Crippen LogP contribution in [0, 0.1) is 0 Å². The van der Waals surface area contributed by atoms with Crippen molar-refractivity contribution in [3.05, 3.63) is 33.2 Å². The topological polar surface area (TPSA) is 54.9 Å². The zero-order chi connectivity index (χ0) is 23.4. The van der Waals surface area contributed by atoms with Crippen molar-refractivity contribution in [1.29, 1.82) is 0 Å². The molecule has 2 aliphatic carbocycles. The summed E-state index contributed by atoms with van der Waals surface area (Å²) < 4.78 is 1.39. The van der Waals surface area contributed by atoms with Gasteiger partial charge < -0.3 is 10.1 Å². The van der Waals surface area contributed by atoms with Crippen LogP contribution in [-0.2, 0) is 36.9 Å². The molecule has 174 valence electrons. The Bertz CT molecular complexity index is 762. The Morgan fingerprint density at radius 1 is 1.06 bits per heavy atom. The highest BCUT2D eigenvalue weighted by molar-refractivity contribution is 8.00. The second kappa shape index (κ2) is 14.6. The van der Waals surface area contributed by atoms with Crippen LogP contribution in [0.2, 0.25) is 0 Å². The van der Waals surface area contributed by atoms with Gasteiger partial charge in [0.1, 0.15) is 6.29 Å². The number of anilines is 1. The molecular formula is C25H41N3OS2. The third kappa shape index (κ3) is 7.31. The van der Waals surface area contributed by atoms with Crippen molar-refractivity contribution in [3.8, 4) is 0 Å². The Morgan fingerprint density at radius 3 is 1.94 bits per heavy atom. The molecule has 0 saturated heterocycles. The van der Waals surface area contributed by atoms with Gasteiger partial charge >= 0.3 is 0 Å². The first-order valence-corrected chi connectivity index (χ1v) is 13.7. The van der Waals surface area contributed by atoms with E-state index >= 15 is 0 Å². The average Bonchev–Trinajstić information content (AvgIpc) is 3.52. The van der Waals surface area contributed by atoms with Crippen LogP contribution >= 0.6 is 23.1 Å². The van der Waals surface area contributed by atoms with E-state index in [4.69, 9.17) is 9.78 Å². The van der Waals surface area contributed by atoms with Crippen LogP contribution in [-0.4, -0.2) is 29.6 Å². The summed E-state index contributed by atoms with van der Waals surface area (Å²) in [5, 5.41) is 4.66. The molecule has 0 bridgehead atoms. The Hall–Kier alpha value is -1.40. The maximum Gasteiger partial charge on any atom is 0.116 e. The maximum absolute atomic E-state index is 8.81. The molecule has 2 heterocycles. The molecule has 1 N–H and O–H groups in total. The predicted molar refractivity (Wildman–Crippen MR) is 138 cm³/mol. The fourth-order valence-electron chi connectivity index (χ4n) is 3.87. The van der Waals surface area contributed by atoms with E-state index in [1.165, 1.54) is 88.6 Å². The van der Waals surface area contributed by atoms with Crippen molar-refractivity contribution in [2.24, 2.45) is 0 Å². The molecule has 2 aliphatic rings. The molecule has 0 aliphatic heterocycles.